The fourth-order valence-corrected chi connectivity index (χ4v) is 5.05. The molecule has 0 unspecified atom stereocenters. The number of hydrogen-bond acceptors (Lipinski definition) is 6. The van der Waals surface area contributed by atoms with Crippen molar-refractivity contribution in [2.45, 2.75) is 26.2 Å². The van der Waals surface area contributed by atoms with Crippen molar-refractivity contribution < 1.29 is 13.6 Å². The van der Waals surface area contributed by atoms with Gasteiger partial charge in [-0.05, 0) is 48.4 Å². The van der Waals surface area contributed by atoms with Crippen molar-refractivity contribution in [2.24, 2.45) is 0 Å². The Balaban J connectivity index is 1.40. The van der Waals surface area contributed by atoms with Gasteiger partial charge in [-0.2, -0.15) is 9.49 Å². The Kier molecular flexibility index (Phi) is 6.12. The lowest BCUT2D eigenvalue weighted by atomic mass is 10.0. The maximum Gasteiger partial charge on any atom is 0.224 e. The van der Waals surface area contributed by atoms with Crippen LogP contribution in [0.25, 0.3) is 55.2 Å². The minimum Gasteiger partial charge on any atom is -0.337 e. The van der Waals surface area contributed by atoms with E-state index in [0.29, 0.717) is 61.7 Å². The number of aromatic amines is 2. The Labute approximate surface area is 219 Å². The molecule has 0 aliphatic rings. The number of thiophene rings is 1. The molecule has 1 aromatic carbocycles. The van der Waals surface area contributed by atoms with Crippen molar-refractivity contribution >= 4 is 44.9 Å². The van der Waals surface area contributed by atoms with Gasteiger partial charge in [0.1, 0.15) is 22.4 Å². The van der Waals surface area contributed by atoms with Crippen molar-refractivity contribution in [1.82, 2.24) is 30.1 Å². The smallest absolute Gasteiger partial charge is 0.224 e. The summed E-state index contributed by atoms with van der Waals surface area (Å²) in [5, 5.41) is 10.1. The van der Waals surface area contributed by atoms with Gasteiger partial charge in [0, 0.05) is 29.8 Å². The molecule has 5 heterocycles. The number of carbonyl (C=O) groups excluding carboxylic acids is 1. The van der Waals surface area contributed by atoms with Crippen LogP contribution in [0.15, 0.2) is 55.0 Å². The van der Waals surface area contributed by atoms with Crippen molar-refractivity contribution in [2.75, 3.05) is 5.32 Å². The van der Waals surface area contributed by atoms with Crippen molar-refractivity contribution in [1.29, 1.82) is 0 Å². The van der Waals surface area contributed by atoms with E-state index in [4.69, 9.17) is 4.98 Å². The summed E-state index contributed by atoms with van der Waals surface area (Å²) in [5.41, 5.74) is 4.24. The van der Waals surface area contributed by atoms with Gasteiger partial charge in [0.25, 0.3) is 0 Å². The molecule has 6 rings (SSSR count). The molecule has 190 valence electrons. The van der Waals surface area contributed by atoms with Crippen LogP contribution in [0.1, 0.15) is 26.2 Å². The van der Waals surface area contributed by atoms with E-state index in [-0.39, 0.29) is 16.6 Å². The third kappa shape index (κ3) is 4.41. The summed E-state index contributed by atoms with van der Waals surface area (Å²) in [6, 6.07) is 9.78. The van der Waals surface area contributed by atoms with Crippen molar-refractivity contribution in [3.8, 4) is 33.2 Å². The van der Waals surface area contributed by atoms with E-state index in [1.54, 1.807) is 42.9 Å². The predicted octanol–water partition coefficient (Wildman–Crippen LogP) is 6.70. The normalized spacial score (nSPS) is 11.4. The molecule has 5 aromatic heterocycles. The summed E-state index contributed by atoms with van der Waals surface area (Å²) < 4.78 is 28.8. The van der Waals surface area contributed by atoms with E-state index < -0.39 is 5.82 Å². The number of amides is 1. The first kappa shape index (κ1) is 23.9. The number of fused-ring (bicyclic) bond motifs is 2. The third-order valence-corrected chi connectivity index (χ3v) is 7.05. The number of aromatic nitrogens is 6. The molecule has 0 bridgehead atoms. The average molecular weight is 530 g/mol. The number of imidazole rings is 1. The summed E-state index contributed by atoms with van der Waals surface area (Å²) in [4.78, 5) is 29.4. The lowest BCUT2D eigenvalue weighted by Gasteiger charge is -2.08. The van der Waals surface area contributed by atoms with Crippen LogP contribution in [-0.2, 0) is 4.79 Å². The van der Waals surface area contributed by atoms with Crippen LogP contribution in [0.2, 0.25) is 0 Å². The second-order valence-electron chi connectivity index (χ2n) is 8.81. The number of anilines is 1. The number of rotatable bonds is 7. The molecule has 1 amide bonds. The number of hydrogen-bond donors (Lipinski definition) is 3. The monoisotopic (exact) mass is 529 g/mol. The number of carbonyl (C=O) groups is 1. The predicted molar refractivity (Wildman–Crippen MR) is 144 cm³/mol. The number of pyridine rings is 2. The highest BCUT2D eigenvalue weighted by molar-refractivity contribution is 7.13. The molecular weight excluding hydrogens is 508 g/mol. The molecule has 0 fully saturated rings. The zero-order chi connectivity index (χ0) is 26.2. The minimum absolute atomic E-state index is 0.0893. The standard InChI is InChI=1S/C27H21F2N7OS/c1-2-3-4-22(37)32-16-9-15(12-30-13-16)14-10-17-23(18(28)11-14)35-36-24(17)27-33-19-7-8-31-26(25(19)34-27)20-5-6-21(29)38-20/h5-13H,2-4H2,1H3,(H,32,37)(H,33,34)(H,35,36). The van der Waals surface area contributed by atoms with E-state index >= 15 is 4.39 Å². The molecule has 0 atom stereocenters. The first-order valence-electron chi connectivity index (χ1n) is 12.0. The first-order valence-corrected chi connectivity index (χ1v) is 12.9. The van der Waals surface area contributed by atoms with E-state index in [0.717, 1.165) is 24.2 Å². The minimum atomic E-state index is -0.509. The number of H-pyrrole nitrogens is 2. The van der Waals surface area contributed by atoms with Gasteiger partial charge in [0.2, 0.25) is 5.91 Å². The van der Waals surface area contributed by atoms with E-state index in [1.807, 2.05) is 6.92 Å². The molecule has 0 aliphatic carbocycles. The van der Waals surface area contributed by atoms with Crippen LogP contribution < -0.4 is 5.32 Å². The largest absolute Gasteiger partial charge is 0.337 e. The van der Waals surface area contributed by atoms with E-state index in [1.165, 1.54) is 12.1 Å². The zero-order valence-electron chi connectivity index (χ0n) is 20.2. The van der Waals surface area contributed by atoms with Crippen LogP contribution in [0, 0.1) is 10.9 Å². The second-order valence-corrected chi connectivity index (χ2v) is 9.85. The summed E-state index contributed by atoms with van der Waals surface area (Å²) in [7, 11) is 0. The number of nitrogens with zero attached hydrogens (tertiary/aromatic N) is 4. The third-order valence-electron chi connectivity index (χ3n) is 6.17. The van der Waals surface area contributed by atoms with Crippen LogP contribution in [0.5, 0.6) is 0 Å². The van der Waals surface area contributed by atoms with Gasteiger partial charge >= 0.3 is 0 Å². The van der Waals surface area contributed by atoms with Gasteiger partial charge in [-0.15, -0.1) is 11.3 Å². The average Bonchev–Trinajstić information content (AvgIpc) is 3.65. The number of halogens is 2. The van der Waals surface area contributed by atoms with Crippen molar-refractivity contribution in [3.63, 3.8) is 0 Å². The van der Waals surface area contributed by atoms with Gasteiger partial charge in [0.05, 0.1) is 22.3 Å². The molecule has 3 N–H and O–H groups in total. The number of nitrogens with one attached hydrogen (secondary N) is 3. The Morgan fingerprint density at radius 2 is 1.97 bits per heavy atom. The topological polar surface area (TPSA) is 112 Å². The fourth-order valence-electron chi connectivity index (χ4n) is 4.33. The summed E-state index contributed by atoms with van der Waals surface area (Å²) in [6.45, 7) is 2.02. The molecule has 11 heteroatoms. The Bertz CT molecular complexity index is 1810. The van der Waals surface area contributed by atoms with Crippen LogP contribution >= 0.6 is 11.3 Å². The highest BCUT2D eigenvalue weighted by Gasteiger charge is 2.19. The molecule has 0 radical (unpaired) electrons. The lowest BCUT2D eigenvalue weighted by molar-refractivity contribution is -0.116. The van der Waals surface area contributed by atoms with E-state index in [9.17, 15) is 9.18 Å². The second kappa shape index (κ2) is 9.75. The first-order chi connectivity index (χ1) is 18.5. The molecule has 0 aliphatic heterocycles. The van der Waals surface area contributed by atoms with Gasteiger partial charge < -0.3 is 10.3 Å². The Morgan fingerprint density at radius 1 is 1.08 bits per heavy atom. The van der Waals surface area contributed by atoms with Gasteiger partial charge in [-0.1, -0.05) is 13.3 Å². The summed E-state index contributed by atoms with van der Waals surface area (Å²) in [5.74, 6) is -0.154. The molecule has 0 saturated carbocycles. The zero-order valence-corrected chi connectivity index (χ0v) is 21.0. The molecule has 0 spiro atoms. The number of unbranched alkanes of at least 4 members (excludes halogenated alkanes) is 1. The number of benzene rings is 1. The highest BCUT2D eigenvalue weighted by atomic mass is 32.1. The van der Waals surface area contributed by atoms with Gasteiger partial charge in [-0.3, -0.25) is 19.9 Å². The summed E-state index contributed by atoms with van der Waals surface area (Å²) >= 11 is 0.990. The van der Waals surface area contributed by atoms with Crippen LogP contribution in [-0.4, -0.2) is 36.0 Å². The molecule has 0 saturated heterocycles. The highest BCUT2D eigenvalue weighted by Crippen LogP contribution is 2.35. The molecule has 8 nitrogen and oxygen atoms in total. The van der Waals surface area contributed by atoms with Crippen LogP contribution in [0.3, 0.4) is 0 Å². The fraction of sp³-hybridized carbons (Fsp3) is 0.148. The van der Waals surface area contributed by atoms with Crippen LogP contribution in [0.4, 0.5) is 14.5 Å². The Hall–Kier alpha value is -4.51. The molecule has 38 heavy (non-hydrogen) atoms. The van der Waals surface area contributed by atoms with Gasteiger partial charge in [-0.25, -0.2) is 9.37 Å². The lowest BCUT2D eigenvalue weighted by Crippen LogP contribution is -2.11. The maximum absolute atomic E-state index is 15.2. The maximum atomic E-state index is 15.2. The molecule has 6 aromatic rings. The quantitative estimate of drug-likeness (QED) is 0.213. The van der Waals surface area contributed by atoms with Gasteiger partial charge in [0.15, 0.2) is 16.8 Å². The SMILES string of the molecule is CCCCC(=O)Nc1cncc(-c2cc(F)c3n[nH]c(-c4nc5c(-c6ccc(F)s6)nccc5[nH]4)c3c2)c1. The van der Waals surface area contributed by atoms with Crippen molar-refractivity contribution in [3.05, 3.63) is 65.9 Å². The summed E-state index contributed by atoms with van der Waals surface area (Å²) in [6.07, 6.45) is 6.95. The van der Waals surface area contributed by atoms with E-state index in [2.05, 4.69) is 30.5 Å². The Morgan fingerprint density at radius 3 is 2.79 bits per heavy atom. The molecular formula is C27H21F2N7OS.